The Morgan fingerprint density at radius 3 is 1.26 bits per heavy atom. The third-order valence-corrected chi connectivity index (χ3v) is 10.3. The second kappa shape index (κ2) is 18.8. The number of aromatic hydroxyl groups is 4. The van der Waals surface area contributed by atoms with E-state index in [9.17, 15) is 20.4 Å². The highest BCUT2D eigenvalue weighted by Crippen LogP contribution is 2.40. The summed E-state index contributed by atoms with van der Waals surface area (Å²) in [6.07, 6.45) is 10.2. The quantitative estimate of drug-likeness (QED) is 0.0850. The van der Waals surface area contributed by atoms with Crippen LogP contribution in [0.25, 0.3) is 22.3 Å². The van der Waals surface area contributed by atoms with Gasteiger partial charge in [0.2, 0.25) is 0 Å². The first kappa shape index (κ1) is 38.7. The molecule has 4 heteroatoms. The number of unbranched alkanes of at least 4 members (excludes halogenated alkanes) is 6. The van der Waals surface area contributed by atoms with Crippen molar-refractivity contribution in [3.05, 3.63) is 168 Å². The van der Waals surface area contributed by atoms with E-state index in [1.165, 1.54) is 56.1 Å². The summed E-state index contributed by atoms with van der Waals surface area (Å²) in [5.41, 5.74) is 7.94. The minimum absolute atomic E-state index is 0.270. The van der Waals surface area contributed by atoms with Crippen molar-refractivity contribution in [3.8, 4) is 45.3 Å². The number of rotatable bonds is 14. The fraction of sp³-hybridized carbons (Fsp3) is 0.265. The van der Waals surface area contributed by atoms with Crippen molar-refractivity contribution in [1.29, 1.82) is 0 Å². The smallest absolute Gasteiger partial charge is 0.123 e. The van der Waals surface area contributed by atoms with Gasteiger partial charge in [-0.2, -0.15) is 0 Å². The summed E-state index contributed by atoms with van der Waals surface area (Å²) in [7, 11) is 0. The molecule has 0 atom stereocenters. The molecule has 4 N–H and O–H groups in total. The van der Waals surface area contributed by atoms with E-state index in [1.807, 2.05) is 97.1 Å². The first-order valence-electron chi connectivity index (χ1n) is 19.0. The SMILES string of the molecule is CC(C)(c1ccc(O)c(-c2ccccc2)c1)c1ccc(O)c(-c2ccccc2)c1.CCCCCCCCCC(c1ccc(O)cc1)c1ccc(O)cc1. The molecule has 6 rings (SSSR count). The Labute approximate surface area is 316 Å². The number of hydrogen-bond acceptors (Lipinski definition) is 4. The molecule has 4 nitrogen and oxygen atoms in total. The van der Waals surface area contributed by atoms with Gasteiger partial charge in [0.05, 0.1) is 0 Å². The van der Waals surface area contributed by atoms with E-state index in [-0.39, 0.29) is 16.9 Å². The molecule has 0 aromatic heterocycles. The molecule has 6 aromatic rings. The molecule has 6 aromatic carbocycles. The number of hydrogen-bond donors (Lipinski definition) is 4. The van der Waals surface area contributed by atoms with Gasteiger partial charge in [0.15, 0.2) is 0 Å². The van der Waals surface area contributed by atoms with Crippen LogP contribution in [0.3, 0.4) is 0 Å². The molecule has 53 heavy (non-hydrogen) atoms. The lowest BCUT2D eigenvalue weighted by Gasteiger charge is -2.28. The molecule has 0 aliphatic rings. The van der Waals surface area contributed by atoms with Gasteiger partial charge < -0.3 is 20.4 Å². The van der Waals surface area contributed by atoms with Crippen molar-refractivity contribution in [2.24, 2.45) is 0 Å². The summed E-state index contributed by atoms with van der Waals surface area (Å²) < 4.78 is 0. The van der Waals surface area contributed by atoms with E-state index in [4.69, 9.17) is 0 Å². The van der Waals surface area contributed by atoms with Gasteiger partial charge in [-0.05, 0) is 88.3 Å². The van der Waals surface area contributed by atoms with Crippen molar-refractivity contribution in [2.75, 3.05) is 0 Å². The molecular formula is C49H54O4. The van der Waals surface area contributed by atoms with Crippen LogP contribution in [-0.2, 0) is 5.41 Å². The number of benzene rings is 6. The van der Waals surface area contributed by atoms with Gasteiger partial charge in [-0.25, -0.2) is 0 Å². The van der Waals surface area contributed by atoms with E-state index in [0.717, 1.165) is 39.8 Å². The van der Waals surface area contributed by atoms with E-state index < -0.39 is 0 Å². The molecule has 0 saturated carbocycles. The molecule has 0 radical (unpaired) electrons. The van der Waals surface area contributed by atoms with Crippen molar-refractivity contribution in [1.82, 2.24) is 0 Å². The highest BCUT2D eigenvalue weighted by atomic mass is 16.3. The van der Waals surface area contributed by atoms with Gasteiger partial charge >= 0.3 is 0 Å². The molecule has 0 spiro atoms. The molecule has 0 amide bonds. The maximum Gasteiger partial charge on any atom is 0.123 e. The fourth-order valence-electron chi connectivity index (χ4n) is 6.96. The predicted molar refractivity (Wildman–Crippen MR) is 220 cm³/mol. The maximum absolute atomic E-state index is 10.4. The minimum atomic E-state index is -0.311. The Morgan fingerprint density at radius 1 is 0.453 bits per heavy atom. The zero-order valence-electron chi connectivity index (χ0n) is 31.4. The third kappa shape index (κ3) is 10.5. The minimum Gasteiger partial charge on any atom is -0.508 e. The van der Waals surface area contributed by atoms with Crippen LogP contribution in [0.1, 0.15) is 100 Å². The Bertz CT molecular complexity index is 1850. The van der Waals surface area contributed by atoms with Crippen LogP contribution in [0.5, 0.6) is 23.0 Å². The molecule has 0 bridgehead atoms. The second-order valence-corrected chi connectivity index (χ2v) is 14.5. The van der Waals surface area contributed by atoms with Crippen LogP contribution in [-0.4, -0.2) is 20.4 Å². The normalized spacial score (nSPS) is 11.2. The molecule has 0 saturated heterocycles. The molecule has 0 fully saturated rings. The van der Waals surface area contributed by atoms with Gasteiger partial charge in [-0.1, -0.05) is 163 Å². The number of phenols is 4. The molecule has 274 valence electrons. The zero-order chi connectivity index (χ0) is 37.6. The van der Waals surface area contributed by atoms with E-state index >= 15 is 0 Å². The Balaban J connectivity index is 0.000000209. The van der Waals surface area contributed by atoms with E-state index in [1.54, 1.807) is 36.4 Å². The maximum atomic E-state index is 10.4. The van der Waals surface area contributed by atoms with E-state index in [0.29, 0.717) is 17.4 Å². The third-order valence-electron chi connectivity index (χ3n) is 10.3. The lowest BCUT2D eigenvalue weighted by Crippen LogP contribution is -2.19. The molecule has 0 aliphatic carbocycles. The lowest BCUT2D eigenvalue weighted by atomic mass is 9.76. The van der Waals surface area contributed by atoms with E-state index in [2.05, 4.69) is 32.9 Å². The van der Waals surface area contributed by atoms with Gasteiger partial charge in [-0.3, -0.25) is 0 Å². The highest BCUT2D eigenvalue weighted by molar-refractivity contribution is 5.73. The topological polar surface area (TPSA) is 80.9 Å². The van der Waals surface area contributed by atoms with Crippen molar-refractivity contribution < 1.29 is 20.4 Å². The number of phenolic OH excluding ortho intramolecular Hbond substituents is 4. The first-order chi connectivity index (χ1) is 25.7. The molecule has 0 unspecified atom stereocenters. The summed E-state index contributed by atoms with van der Waals surface area (Å²) in [5.74, 6) is 1.47. The van der Waals surface area contributed by atoms with Crippen LogP contribution >= 0.6 is 0 Å². The average Bonchev–Trinajstić information content (AvgIpc) is 3.18. The summed E-state index contributed by atoms with van der Waals surface area (Å²) in [4.78, 5) is 0. The lowest BCUT2D eigenvalue weighted by molar-refractivity contribution is 0.474. The van der Waals surface area contributed by atoms with Gasteiger partial charge in [-0.15, -0.1) is 0 Å². The Morgan fingerprint density at radius 2 is 0.849 bits per heavy atom. The Hall–Kier alpha value is -5.48. The average molecular weight is 707 g/mol. The first-order valence-corrected chi connectivity index (χ1v) is 19.0. The zero-order valence-corrected chi connectivity index (χ0v) is 31.4. The van der Waals surface area contributed by atoms with Gasteiger partial charge in [0.25, 0.3) is 0 Å². The summed E-state index contributed by atoms with van der Waals surface area (Å²) in [6.45, 7) is 6.57. The summed E-state index contributed by atoms with van der Waals surface area (Å²) in [6, 6.07) is 46.5. The van der Waals surface area contributed by atoms with Crippen LogP contribution < -0.4 is 0 Å². The molecule has 0 aliphatic heterocycles. The second-order valence-electron chi connectivity index (χ2n) is 14.5. The monoisotopic (exact) mass is 706 g/mol. The van der Waals surface area contributed by atoms with Gasteiger partial charge in [0.1, 0.15) is 23.0 Å². The highest BCUT2D eigenvalue weighted by Gasteiger charge is 2.25. The van der Waals surface area contributed by atoms with Crippen LogP contribution in [0.2, 0.25) is 0 Å². The van der Waals surface area contributed by atoms with Crippen LogP contribution in [0, 0.1) is 0 Å². The predicted octanol–water partition coefficient (Wildman–Crippen LogP) is 13.1. The van der Waals surface area contributed by atoms with Crippen molar-refractivity contribution >= 4 is 0 Å². The fourth-order valence-corrected chi connectivity index (χ4v) is 6.96. The van der Waals surface area contributed by atoms with Crippen LogP contribution in [0.4, 0.5) is 0 Å². The Kier molecular flexibility index (Phi) is 13.8. The molecule has 0 heterocycles. The van der Waals surface area contributed by atoms with Crippen LogP contribution in [0.15, 0.2) is 146 Å². The van der Waals surface area contributed by atoms with Crippen molar-refractivity contribution in [3.63, 3.8) is 0 Å². The largest absolute Gasteiger partial charge is 0.508 e. The molecular weight excluding hydrogens is 653 g/mol. The van der Waals surface area contributed by atoms with Gasteiger partial charge in [0, 0.05) is 22.5 Å². The standard InChI is InChI=1S/C27H24O2.C22H30O2/c1-27(2,21-13-15-25(28)23(17-21)19-9-5-3-6-10-19)22-14-16-26(29)24(18-22)20-11-7-4-8-12-20;1-2-3-4-5-6-7-8-9-22(18-10-14-20(23)15-11-18)19-12-16-21(24)17-13-19/h3-18,28-29H,1-2H3;10-17,22-24H,2-9H2,1H3. The summed E-state index contributed by atoms with van der Waals surface area (Å²) >= 11 is 0. The summed E-state index contributed by atoms with van der Waals surface area (Å²) in [5, 5.41) is 39.9. The van der Waals surface area contributed by atoms with Crippen molar-refractivity contribution in [2.45, 2.75) is 83.5 Å².